The lowest BCUT2D eigenvalue weighted by Crippen LogP contribution is -2.21. The van der Waals surface area contributed by atoms with Crippen LogP contribution in [0.5, 0.6) is 5.75 Å². The van der Waals surface area contributed by atoms with Gasteiger partial charge in [0.2, 0.25) is 0 Å². The molecule has 1 aliphatic carbocycles. The third-order valence-corrected chi connectivity index (χ3v) is 6.47. The van der Waals surface area contributed by atoms with E-state index in [9.17, 15) is 18.3 Å². The number of halogens is 3. The maximum Gasteiger partial charge on any atom is 0.167 e. The summed E-state index contributed by atoms with van der Waals surface area (Å²) in [7, 11) is 0. The van der Waals surface area contributed by atoms with Crippen LogP contribution in [0, 0.1) is 17.5 Å². The van der Waals surface area contributed by atoms with Gasteiger partial charge < -0.3 is 14.6 Å². The van der Waals surface area contributed by atoms with E-state index in [2.05, 4.69) is 0 Å². The minimum atomic E-state index is -0.932. The largest absolute Gasteiger partial charge is 0.508 e. The van der Waals surface area contributed by atoms with Crippen LogP contribution in [0.15, 0.2) is 54.6 Å². The highest BCUT2D eigenvalue weighted by Crippen LogP contribution is 2.36. The molecule has 1 N–H and O–H groups in total. The highest BCUT2D eigenvalue weighted by molar-refractivity contribution is 5.65. The lowest BCUT2D eigenvalue weighted by Gasteiger charge is -2.29. The van der Waals surface area contributed by atoms with E-state index in [-0.39, 0.29) is 41.3 Å². The molecule has 0 unspecified atom stereocenters. The summed E-state index contributed by atoms with van der Waals surface area (Å²) in [5.41, 5.74) is 2.33. The van der Waals surface area contributed by atoms with E-state index in [4.69, 9.17) is 9.47 Å². The van der Waals surface area contributed by atoms with Gasteiger partial charge in [-0.25, -0.2) is 13.2 Å². The number of ether oxygens (including phenoxy) is 2. The van der Waals surface area contributed by atoms with Gasteiger partial charge in [-0.05, 0) is 73.4 Å². The fourth-order valence-corrected chi connectivity index (χ4v) is 4.52. The molecule has 0 bridgehead atoms. The van der Waals surface area contributed by atoms with Gasteiger partial charge in [0.25, 0.3) is 0 Å². The lowest BCUT2D eigenvalue weighted by molar-refractivity contribution is 0.0117. The van der Waals surface area contributed by atoms with Crippen LogP contribution < -0.4 is 0 Å². The van der Waals surface area contributed by atoms with Crippen LogP contribution in [0.25, 0.3) is 11.1 Å². The fourth-order valence-electron chi connectivity index (χ4n) is 4.52. The second kappa shape index (κ2) is 11.1. The van der Waals surface area contributed by atoms with E-state index >= 15 is 0 Å². The van der Waals surface area contributed by atoms with Crippen LogP contribution in [0.2, 0.25) is 0 Å². The van der Waals surface area contributed by atoms with Crippen molar-refractivity contribution in [3.63, 3.8) is 0 Å². The molecule has 3 nitrogen and oxygen atoms in total. The van der Waals surface area contributed by atoms with Crippen molar-refractivity contribution in [2.24, 2.45) is 0 Å². The Hall–Kier alpha value is -2.83. The molecule has 1 saturated carbocycles. The predicted molar refractivity (Wildman–Crippen MR) is 125 cm³/mol. The van der Waals surface area contributed by atoms with Crippen LogP contribution >= 0.6 is 0 Å². The lowest BCUT2D eigenvalue weighted by atomic mass is 9.82. The Kier molecular flexibility index (Phi) is 7.91. The number of hydrogen-bond donors (Lipinski definition) is 1. The van der Waals surface area contributed by atoms with Gasteiger partial charge in [0.1, 0.15) is 11.6 Å². The summed E-state index contributed by atoms with van der Waals surface area (Å²) >= 11 is 0. The number of aromatic hydroxyl groups is 1. The van der Waals surface area contributed by atoms with Crippen molar-refractivity contribution >= 4 is 0 Å². The molecule has 1 aliphatic rings. The molecular weight excluding hydrogens is 441 g/mol. The molecule has 3 aromatic rings. The predicted octanol–water partition coefficient (Wildman–Crippen LogP) is 7.26. The summed E-state index contributed by atoms with van der Waals surface area (Å²) in [5, 5.41) is 9.39. The summed E-state index contributed by atoms with van der Waals surface area (Å²) in [6.07, 6.45) is 2.96. The Morgan fingerprint density at radius 1 is 0.853 bits per heavy atom. The molecule has 0 amide bonds. The van der Waals surface area contributed by atoms with Crippen molar-refractivity contribution in [1.82, 2.24) is 0 Å². The molecule has 0 atom stereocenters. The van der Waals surface area contributed by atoms with Gasteiger partial charge in [0.05, 0.1) is 19.3 Å². The Labute approximate surface area is 198 Å². The third-order valence-electron chi connectivity index (χ3n) is 6.47. The summed E-state index contributed by atoms with van der Waals surface area (Å²) in [5.74, 6) is -1.87. The highest BCUT2D eigenvalue weighted by atomic mass is 19.2. The fraction of sp³-hybridized carbons (Fsp3) is 0.357. The molecule has 0 spiro atoms. The van der Waals surface area contributed by atoms with Crippen molar-refractivity contribution in [1.29, 1.82) is 0 Å². The zero-order valence-corrected chi connectivity index (χ0v) is 19.2. The van der Waals surface area contributed by atoms with Crippen LogP contribution in [0.1, 0.15) is 55.2 Å². The number of phenols is 1. The van der Waals surface area contributed by atoms with E-state index in [1.807, 2.05) is 19.1 Å². The average Bonchev–Trinajstić information content (AvgIpc) is 2.85. The van der Waals surface area contributed by atoms with E-state index in [0.29, 0.717) is 18.8 Å². The number of benzene rings is 3. The first kappa shape index (κ1) is 24.3. The Bertz CT molecular complexity index is 1110. The summed E-state index contributed by atoms with van der Waals surface area (Å²) in [6, 6.07) is 14.3. The van der Waals surface area contributed by atoms with Crippen molar-refractivity contribution in [2.45, 2.75) is 57.8 Å². The monoisotopic (exact) mass is 470 g/mol. The first-order chi connectivity index (χ1) is 16.5. The Morgan fingerprint density at radius 3 is 2.26 bits per heavy atom. The molecule has 0 radical (unpaired) electrons. The molecule has 4 rings (SSSR count). The first-order valence-electron chi connectivity index (χ1n) is 11.7. The van der Waals surface area contributed by atoms with Crippen LogP contribution in [-0.4, -0.2) is 17.8 Å². The second-order valence-electron chi connectivity index (χ2n) is 8.72. The zero-order valence-electron chi connectivity index (χ0n) is 19.2. The average molecular weight is 471 g/mol. The van der Waals surface area contributed by atoms with Gasteiger partial charge in [-0.1, -0.05) is 36.4 Å². The third kappa shape index (κ3) is 5.62. The Balaban J connectivity index is 1.33. The molecule has 34 heavy (non-hydrogen) atoms. The number of phenolic OH excluding ortho intramolecular Hbond substituents is 1. The van der Waals surface area contributed by atoms with Crippen LogP contribution in [0.3, 0.4) is 0 Å². The number of rotatable bonds is 8. The van der Waals surface area contributed by atoms with Crippen LogP contribution in [0.4, 0.5) is 13.2 Å². The SMILES string of the molecule is CCOCc1ccc(C2CCC(OCc3ccc(-c4ccc(O)cc4)c(F)c3F)CC2)c(F)c1. The maximum absolute atomic E-state index is 14.7. The molecular formula is C28H29F3O3. The minimum Gasteiger partial charge on any atom is -0.508 e. The second-order valence-corrected chi connectivity index (χ2v) is 8.72. The summed E-state index contributed by atoms with van der Waals surface area (Å²) in [4.78, 5) is 0. The van der Waals surface area contributed by atoms with E-state index < -0.39 is 11.6 Å². The molecule has 0 saturated heterocycles. The van der Waals surface area contributed by atoms with Crippen molar-refractivity contribution < 1.29 is 27.8 Å². The highest BCUT2D eigenvalue weighted by Gasteiger charge is 2.25. The molecule has 0 aliphatic heterocycles. The first-order valence-corrected chi connectivity index (χ1v) is 11.7. The van der Waals surface area contributed by atoms with E-state index in [1.165, 1.54) is 36.4 Å². The van der Waals surface area contributed by atoms with Gasteiger partial charge in [-0.3, -0.25) is 0 Å². The minimum absolute atomic E-state index is 0.0194. The molecule has 0 aromatic heterocycles. The topological polar surface area (TPSA) is 38.7 Å². The molecule has 6 heteroatoms. The molecule has 0 heterocycles. The van der Waals surface area contributed by atoms with Crippen LogP contribution in [-0.2, 0) is 22.7 Å². The standard InChI is InChI=1S/C28H29F3O3/c1-2-33-16-18-3-13-24(26(29)15-18)19-6-11-23(12-7-19)34-17-21-8-14-25(28(31)27(21)30)20-4-9-22(32)10-5-20/h3-5,8-10,13-15,19,23,32H,2,6-7,11-12,16-17H2,1H3. The van der Waals surface area contributed by atoms with Gasteiger partial charge in [-0.15, -0.1) is 0 Å². The van der Waals surface area contributed by atoms with Crippen molar-refractivity contribution in [3.05, 3.63) is 88.7 Å². The summed E-state index contributed by atoms with van der Waals surface area (Å²) in [6.45, 7) is 2.88. The molecule has 3 aromatic carbocycles. The zero-order chi connectivity index (χ0) is 24.1. The molecule has 1 fully saturated rings. The van der Waals surface area contributed by atoms with Crippen molar-refractivity contribution in [3.8, 4) is 16.9 Å². The van der Waals surface area contributed by atoms with Gasteiger partial charge >= 0.3 is 0 Å². The molecule has 180 valence electrons. The van der Waals surface area contributed by atoms with Gasteiger partial charge in [0.15, 0.2) is 11.6 Å². The van der Waals surface area contributed by atoms with Gasteiger partial charge in [-0.2, -0.15) is 0 Å². The number of hydrogen-bond acceptors (Lipinski definition) is 3. The van der Waals surface area contributed by atoms with E-state index in [0.717, 1.165) is 36.8 Å². The van der Waals surface area contributed by atoms with E-state index in [1.54, 1.807) is 6.07 Å². The quantitative estimate of drug-likeness (QED) is 0.377. The Morgan fingerprint density at radius 2 is 1.59 bits per heavy atom. The summed E-state index contributed by atoms with van der Waals surface area (Å²) < 4.78 is 55.2. The normalized spacial score (nSPS) is 18.2. The van der Waals surface area contributed by atoms with Crippen molar-refractivity contribution in [2.75, 3.05) is 6.61 Å². The maximum atomic E-state index is 14.7. The smallest absolute Gasteiger partial charge is 0.167 e. The van der Waals surface area contributed by atoms with Gasteiger partial charge in [0, 0.05) is 17.7 Å².